The molecule has 0 spiro atoms. The second-order valence-corrected chi connectivity index (χ2v) is 7.70. The molecule has 1 aliphatic rings. The molecule has 2 nitrogen and oxygen atoms in total. The third kappa shape index (κ3) is 2.83. The number of ether oxygens (including phenoxy) is 1. The van der Waals surface area contributed by atoms with Crippen LogP contribution in [0.25, 0.3) is 0 Å². The van der Waals surface area contributed by atoms with Gasteiger partial charge < -0.3 is 10.5 Å². The number of benzene rings is 1. The molecule has 0 saturated carbocycles. The fourth-order valence-electron chi connectivity index (χ4n) is 2.58. The molecule has 2 unspecified atom stereocenters. The molecule has 0 radical (unpaired) electrons. The normalized spacial score (nSPS) is 21.8. The van der Waals surface area contributed by atoms with Crippen molar-refractivity contribution in [2.75, 3.05) is 0 Å². The molecule has 2 atom stereocenters. The van der Waals surface area contributed by atoms with Gasteiger partial charge in [0.1, 0.15) is 17.7 Å². The van der Waals surface area contributed by atoms with Crippen LogP contribution in [0, 0.1) is 5.82 Å². The van der Waals surface area contributed by atoms with Crippen molar-refractivity contribution in [2.45, 2.75) is 44.8 Å². The number of hydrogen-bond acceptors (Lipinski definition) is 3. The van der Waals surface area contributed by atoms with Gasteiger partial charge in [-0.3, -0.25) is 0 Å². The maximum Gasteiger partial charge on any atom is 0.135 e. The second kappa shape index (κ2) is 5.11. The van der Waals surface area contributed by atoms with E-state index in [0.29, 0.717) is 12.2 Å². The Bertz CT molecular complexity index is 659. The van der Waals surface area contributed by atoms with Crippen LogP contribution in [0.1, 0.15) is 54.7 Å². The first-order valence-corrected chi connectivity index (χ1v) is 7.98. The van der Waals surface area contributed by atoms with E-state index in [0.717, 1.165) is 5.56 Å². The molecule has 2 heterocycles. The first-order chi connectivity index (χ1) is 9.84. The maximum atomic E-state index is 13.3. The zero-order valence-corrected chi connectivity index (χ0v) is 13.3. The fraction of sp³-hybridized carbons (Fsp3) is 0.412. The molecule has 21 heavy (non-hydrogen) atoms. The summed E-state index contributed by atoms with van der Waals surface area (Å²) >= 11 is 1.77. The average molecular weight is 305 g/mol. The number of fused-ring (bicyclic) bond motifs is 1. The van der Waals surface area contributed by atoms with Crippen LogP contribution in [-0.2, 0) is 5.41 Å². The van der Waals surface area contributed by atoms with Crippen LogP contribution >= 0.6 is 11.3 Å². The molecule has 0 amide bonds. The number of nitrogens with two attached hydrogens (primary N) is 1. The third-order valence-electron chi connectivity index (χ3n) is 3.79. The van der Waals surface area contributed by atoms with Gasteiger partial charge in [-0.05, 0) is 35.7 Å². The van der Waals surface area contributed by atoms with E-state index in [2.05, 4.69) is 32.9 Å². The summed E-state index contributed by atoms with van der Waals surface area (Å²) in [6.07, 6.45) is 0.639. The number of rotatable bonds is 1. The van der Waals surface area contributed by atoms with Crippen molar-refractivity contribution < 1.29 is 9.13 Å². The van der Waals surface area contributed by atoms with Gasteiger partial charge in [0.15, 0.2) is 0 Å². The maximum absolute atomic E-state index is 13.3. The molecular weight excluding hydrogens is 285 g/mol. The Balaban J connectivity index is 1.89. The minimum absolute atomic E-state index is 0.0425. The Kier molecular flexibility index (Phi) is 3.54. The summed E-state index contributed by atoms with van der Waals surface area (Å²) in [6, 6.07) is 8.67. The molecule has 2 aromatic rings. The zero-order chi connectivity index (χ0) is 15.2. The van der Waals surface area contributed by atoms with Gasteiger partial charge in [0, 0.05) is 27.8 Å². The number of halogens is 1. The van der Waals surface area contributed by atoms with E-state index in [1.165, 1.54) is 21.9 Å². The fourth-order valence-corrected chi connectivity index (χ4v) is 3.69. The summed E-state index contributed by atoms with van der Waals surface area (Å²) in [5.41, 5.74) is 7.10. The van der Waals surface area contributed by atoms with Gasteiger partial charge >= 0.3 is 0 Å². The third-order valence-corrected chi connectivity index (χ3v) is 5.39. The van der Waals surface area contributed by atoms with Gasteiger partial charge in [0.25, 0.3) is 0 Å². The Morgan fingerprint density at radius 2 is 2.00 bits per heavy atom. The molecule has 4 heteroatoms. The monoisotopic (exact) mass is 305 g/mol. The van der Waals surface area contributed by atoms with Crippen LogP contribution in [0.3, 0.4) is 0 Å². The molecule has 112 valence electrons. The van der Waals surface area contributed by atoms with Crippen molar-refractivity contribution in [3.8, 4) is 5.75 Å². The standard InChI is InChI=1S/C17H20FNOS/c1-17(2,3)16-7-6-15(21-16)14-9-12(19)11-8-10(18)4-5-13(11)20-14/h4-8,12,14H,9,19H2,1-3H3. The quantitative estimate of drug-likeness (QED) is 0.828. The van der Waals surface area contributed by atoms with Gasteiger partial charge in [-0.1, -0.05) is 20.8 Å². The molecule has 1 aromatic carbocycles. The van der Waals surface area contributed by atoms with Crippen LogP contribution in [-0.4, -0.2) is 0 Å². The second-order valence-electron chi connectivity index (χ2n) is 6.58. The van der Waals surface area contributed by atoms with Gasteiger partial charge in [-0.2, -0.15) is 0 Å². The Morgan fingerprint density at radius 1 is 1.24 bits per heavy atom. The lowest BCUT2D eigenvalue weighted by Gasteiger charge is -2.29. The largest absolute Gasteiger partial charge is 0.484 e. The number of hydrogen-bond donors (Lipinski definition) is 1. The summed E-state index contributed by atoms with van der Waals surface area (Å²) in [6.45, 7) is 6.61. The van der Waals surface area contributed by atoms with E-state index >= 15 is 0 Å². The average Bonchev–Trinajstić information content (AvgIpc) is 2.89. The molecule has 3 rings (SSSR count). The lowest BCUT2D eigenvalue weighted by molar-refractivity contribution is 0.164. The molecular formula is C17H20FNOS. The van der Waals surface area contributed by atoms with Crippen molar-refractivity contribution in [3.05, 3.63) is 51.5 Å². The molecule has 0 aliphatic carbocycles. The topological polar surface area (TPSA) is 35.2 Å². The van der Waals surface area contributed by atoms with E-state index in [-0.39, 0.29) is 23.4 Å². The van der Waals surface area contributed by atoms with Crippen molar-refractivity contribution in [1.29, 1.82) is 0 Å². The first-order valence-electron chi connectivity index (χ1n) is 7.16. The summed E-state index contributed by atoms with van der Waals surface area (Å²) in [4.78, 5) is 2.52. The first kappa shape index (κ1) is 14.5. The molecule has 1 aliphatic heterocycles. The molecule has 1 aromatic heterocycles. The molecule has 0 saturated heterocycles. The summed E-state index contributed by atoms with van der Waals surface area (Å²) in [7, 11) is 0. The van der Waals surface area contributed by atoms with E-state index in [1.807, 2.05) is 0 Å². The molecule has 0 bridgehead atoms. The van der Waals surface area contributed by atoms with Crippen molar-refractivity contribution in [1.82, 2.24) is 0 Å². The van der Waals surface area contributed by atoms with Crippen molar-refractivity contribution >= 4 is 11.3 Å². The Morgan fingerprint density at radius 3 is 2.67 bits per heavy atom. The van der Waals surface area contributed by atoms with Crippen LogP contribution in [0.5, 0.6) is 5.75 Å². The van der Waals surface area contributed by atoms with Crippen LogP contribution in [0.2, 0.25) is 0 Å². The molecule has 2 N–H and O–H groups in total. The van der Waals surface area contributed by atoms with Crippen LogP contribution < -0.4 is 10.5 Å². The highest BCUT2D eigenvalue weighted by Gasteiger charge is 2.29. The highest BCUT2D eigenvalue weighted by Crippen LogP contribution is 2.42. The Hall–Kier alpha value is -1.39. The minimum atomic E-state index is -0.266. The highest BCUT2D eigenvalue weighted by atomic mass is 32.1. The van der Waals surface area contributed by atoms with E-state index < -0.39 is 0 Å². The van der Waals surface area contributed by atoms with E-state index in [1.54, 1.807) is 17.4 Å². The van der Waals surface area contributed by atoms with Crippen molar-refractivity contribution in [3.63, 3.8) is 0 Å². The lowest BCUT2D eigenvalue weighted by atomic mass is 9.94. The van der Waals surface area contributed by atoms with E-state index in [9.17, 15) is 4.39 Å². The summed E-state index contributed by atoms with van der Waals surface area (Å²) < 4.78 is 19.3. The molecule has 0 fully saturated rings. The van der Waals surface area contributed by atoms with Gasteiger partial charge in [-0.15, -0.1) is 11.3 Å². The Labute approximate surface area is 128 Å². The summed E-state index contributed by atoms with van der Waals surface area (Å²) in [5.74, 6) is 0.434. The number of thiophene rings is 1. The SMILES string of the molecule is CC(C)(C)c1ccc(C2CC(N)c3cc(F)ccc3O2)s1. The zero-order valence-electron chi connectivity index (χ0n) is 12.5. The van der Waals surface area contributed by atoms with Gasteiger partial charge in [0.05, 0.1) is 0 Å². The summed E-state index contributed by atoms with van der Waals surface area (Å²) in [5, 5.41) is 0. The van der Waals surface area contributed by atoms with Gasteiger partial charge in [0.2, 0.25) is 0 Å². The lowest BCUT2D eigenvalue weighted by Crippen LogP contribution is -2.23. The van der Waals surface area contributed by atoms with Crippen molar-refractivity contribution in [2.24, 2.45) is 5.73 Å². The van der Waals surface area contributed by atoms with Crippen LogP contribution in [0.4, 0.5) is 4.39 Å². The van der Waals surface area contributed by atoms with Gasteiger partial charge in [-0.25, -0.2) is 4.39 Å². The van der Waals surface area contributed by atoms with Crippen LogP contribution in [0.15, 0.2) is 30.3 Å². The predicted octanol–water partition coefficient (Wildman–Crippen LogP) is 4.71. The van der Waals surface area contributed by atoms with E-state index in [4.69, 9.17) is 10.5 Å². The minimum Gasteiger partial charge on any atom is -0.484 e. The highest BCUT2D eigenvalue weighted by molar-refractivity contribution is 7.12. The smallest absolute Gasteiger partial charge is 0.135 e. The predicted molar refractivity (Wildman–Crippen MR) is 84.3 cm³/mol.